The van der Waals surface area contributed by atoms with Crippen molar-refractivity contribution in [3.05, 3.63) is 24.3 Å². The molecule has 22 heavy (non-hydrogen) atoms. The lowest BCUT2D eigenvalue weighted by Crippen LogP contribution is -2.33. The second-order valence-corrected chi connectivity index (χ2v) is 6.42. The predicted octanol–water partition coefficient (Wildman–Crippen LogP) is 2.62. The Bertz CT molecular complexity index is 647. The highest BCUT2D eigenvalue weighted by Gasteiger charge is 2.23. The molecule has 1 saturated heterocycles. The number of aromatic nitrogens is 2. The minimum atomic E-state index is 0.576. The molecule has 1 saturated carbocycles. The first-order valence-corrected chi connectivity index (χ1v) is 8.36. The van der Waals surface area contributed by atoms with Crippen LogP contribution in [0.4, 0.5) is 11.6 Å². The molecule has 1 atom stereocenters. The maximum Gasteiger partial charge on any atom is 0.169 e. The van der Waals surface area contributed by atoms with Crippen molar-refractivity contribution >= 4 is 22.7 Å². The van der Waals surface area contributed by atoms with Gasteiger partial charge in [0.1, 0.15) is 0 Å². The molecule has 1 aromatic heterocycles. The number of nitrogens with one attached hydrogen (secondary N) is 3. The van der Waals surface area contributed by atoms with Crippen molar-refractivity contribution in [2.75, 3.05) is 30.3 Å². The Morgan fingerprint density at radius 1 is 1.05 bits per heavy atom. The van der Waals surface area contributed by atoms with E-state index < -0.39 is 0 Å². The molecule has 4 rings (SSSR count). The van der Waals surface area contributed by atoms with Crippen LogP contribution in [0.15, 0.2) is 24.3 Å². The lowest BCUT2D eigenvalue weighted by Gasteiger charge is -2.23. The summed E-state index contributed by atoms with van der Waals surface area (Å²) in [6, 6.07) is 8.65. The third-order valence-electron chi connectivity index (χ3n) is 4.45. The first-order chi connectivity index (χ1) is 10.9. The third kappa shape index (κ3) is 3.14. The van der Waals surface area contributed by atoms with E-state index in [9.17, 15) is 0 Å². The molecule has 2 aromatic rings. The second-order valence-electron chi connectivity index (χ2n) is 6.42. The Hall–Kier alpha value is -1.88. The number of piperidine rings is 1. The van der Waals surface area contributed by atoms with E-state index in [0.29, 0.717) is 12.0 Å². The Labute approximate surface area is 130 Å². The Morgan fingerprint density at radius 3 is 2.50 bits per heavy atom. The molecule has 1 unspecified atom stereocenters. The molecule has 116 valence electrons. The number of hydrogen-bond acceptors (Lipinski definition) is 5. The summed E-state index contributed by atoms with van der Waals surface area (Å²) in [5.74, 6) is 2.48. The van der Waals surface area contributed by atoms with Gasteiger partial charge in [-0.05, 0) is 56.8 Å². The molecule has 1 aliphatic carbocycles. The van der Waals surface area contributed by atoms with Crippen molar-refractivity contribution in [3.63, 3.8) is 0 Å². The van der Waals surface area contributed by atoms with Crippen LogP contribution in [0.25, 0.3) is 11.0 Å². The fourth-order valence-electron chi connectivity index (χ4n) is 2.98. The maximum absolute atomic E-state index is 4.78. The van der Waals surface area contributed by atoms with Crippen LogP contribution in [0, 0.1) is 5.92 Å². The normalized spacial score (nSPS) is 21.7. The minimum absolute atomic E-state index is 0.576. The van der Waals surface area contributed by atoms with Crippen LogP contribution in [0.5, 0.6) is 0 Å². The van der Waals surface area contributed by atoms with Gasteiger partial charge in [-0.15, -0.1) is 0 Å². The van der Waals surface area contributed by atoms with Crippen LogP contribution in [-0.4, -0.2) is 35.6 Å². The molecule has 5 heteroatoms. The van der Waals surface area contributed by atoms with E-state index in [1.165, 1.54) is 25.7 Å². The lowest BCUT2D eigenvalue weighted by molar-refractivity contribution is 0.392. The van der Waals surface area contributed by atoms with Crippen molar-refractivity contribution in [2.45, 2.75) is 31.7 Å². The average molecular weight is 297 g/mol. The summed E-state index contributed by atoms with van der Waals surface area (Å²) in [4.78, 5) is 9.55. The summed E-state index contributed by atoms with van der Waals surface area (Å²) in [5.41, 5.74) is 1.91. The van der Waals surface area contributed by atoms with E-state index >= 15 is 0 Å². The molecule has 0 amide bonds. The van der Waals surface area contributed by atoms with E-state index in [2.05, 4.69) is 16.0 Å². The van der Waals surface area contributed by atoms with E-state index in [1.807, 2.05) is 24.3 Å². The third-order valence-corrected chi connectivity index (χ3v) is 4.45. The van der Waals surface area contributed by atoms with Gasteiger partial charge in [-0.25, -0.2) is 9.97 Å². The number of anilines is 2. The van der Waals surface area contributed by atoms with Gasteiger partial charge in [0.2, 0.25) is 0 Å². The van der Waals surface area contributed by atoms with Crippen molar-refractivity contribution in [2.24, 2.45) is 5.92 Å². The van der Waals surface area contributed by atoms with E-state index in [-0.39, 0.29) is 0 Å². The molecule has 0 bridgehead atoms. The first-order valence-electron chi connectivity index (χ1n) is 8.36. The van der Waals surface area contributed by atoms with E-state index in [4.69, 9.17) is 9.97 Å². The molecule has 0 radical (unpaired) electrons. The molecule has 1 aromatic carbocycles. The molecular formula is C17H23N5. The van der Waals surface area contributed by atoms with Crippen molar-refractivity contribution in [1.82, 2.24) is 15.3 Å². The standard InChI is InChI=1S/C17H23N5/c1-2-6-15-14(5-1)21-16(17(22-15)20-13-7-8-13)19-11-12-4-3-9-18-10-12/h1-2,5-6,12-13,18H,3-4,7-11H2,(H,19,21)(H,20,22). The van der Waals surface area contributed by atoms with Gasteiger partial charge in [-0.1, -0.05) is 12.1 Å². The average Bonchev–Trinajstić information content (AvgIpc) is 3.38. The van der Waals surface area contributed by atoms with Gasteiger partial charge in [-0.2, -0.15) is 0 Å². The maximum atomic E-state index is 4.78. The van der Waals surface area contributed by atoms with Crippen LogP contribution in [0.3, 0.4) is 0 Å². The Kier molecular flexibility index (Phi) is 3.81. The van der Waals surface area contributed by atoms with Gasteiger partial charge in [0.05, 0.1) is 11.0 Å². The van der Waals surface area contributed by atoms with Crippen LogP contribution >= 0.6 is 0 Å². The fourth-order valence-corrected chi connectivity index (χ4v) is 2.98. The molecule has 5 nitrogen and oxygen atoms in total. The molecule has 2 aliphatic rings. The van der Waals surface area contributed by atoms with Gasteiger partial charge in [0.25, 0.3) is 0 Å². The van der Waals surface area contributed by atoms with Crippen molar-refractivity contribution < 1.29 is 0 Å². The summed E-state index contributed by atoms with van der Waals surface area (Å²) in [7, 11) is 0. The highest BCUT2D eigenvalue weighted by atomic mass is 15.1. The number of hydrogen-bond donors (Lipinski definition) is 3. The molecule has 0 spiro atoms. The Balaban J connectivity index is 1.55. The van der Waals surface area contributed by atoms with Crippen LogP contribution in [0.1, 0.15) is 25.7 Å². The fraction of sp³-hybridized carbons (Fsp3) is 0.529. The SMILES string of the molecule is c1ccc2nc(NC3CC3)c(NCC3CCCNC3)nc2c1. The van der Waals surface area contributed by atoms with Gasteiger partial charge in [0.15, 0.2) is 11.6 Å². The zero-order valence-corrected chi connectivity index (χ0v) is 12.8. The number of fused-ring (bicyclic) bond motifs is 1. The first kappa shape index (κ1) is 13.8. The van der Waals surface area contributed by atoms with Gasteiger partial charge in [0, 0.05) is 12.6 Å². The quantitative estimate of drug-likeness (QED) is 0.792. The van der Waals surface area contributed by atoms with Crippen molar-refractivity contribution in [1.29, 1.82) is 0 Å². The lowest BCUT2D eigenvalue weighted by atomic mass is 10.00. The molecule has 2 fully saturated rings. The summed E-state index contributed by atoms with van der Waals surface area (Å²) >= 11 is 0. The van der Waals surface area contributed by atoms with E-state index in [0.717, 1.165) is 42.3 Å². The highest BCUT2D eigenvalue weighted by molar-refractivity contribution is 5.80. The highest BCUT2D eigenvalue weighted by Crippen LogP contribution is 2.29. The summed E-state index contributed by atoms with van der Waals surface area (Å²) in [6.45, 7) is 3.21. The molecule has 1 aliphatic heterocycles. The largest absolute Gasteiger partial charge is 0.367 e. The van der Waals surface area contributed by atoms with Crippen LogP contribution in [0.2, 0.25) is 0 Å². The smallest absolute Gasteiger partial charge is 0.169 e. The van der Waals surface area contributed by atoms with Crippen LogP contribution in [-0.2, 0) is 0 Å². The van der Waals surface area contributed by atoms with Crippen LogP contribution < -0.4 is 16.0 Å². The second kappa shape index (κ2) is 6.08. The number of rotatable bonds is 5. The molecule has 3 N–H and O–H groups in total. The van der Waals surface area contributed by atoms with Crippen molar-refractivity contribution in [3.8, 4) is 0 Å². The topological polar surface area (TPSA) is 61.9 Å². The van der Waals surface area contributed by atoms with Gasteiger partial charge >= 0.3 is 0 Å². The number of benzene rings is 1. The summed E-state index contributed by atoms with van der Waals surface area (Å²) in [5, 5.41) is 10.5. The zero-order valence-electron chi connectivity index (χ0n) is 12.8. The monoisotopic (exact) mass is 297 g/mol. The molecular weight excluding hydrogens is 274 g/mol. The summed E-state index contributed by atoms with van der Waals surface area (Å²) in [6.07, 6.45) is 5.02. The van der Waals surface area contributed by atoms with Gasteiger partial charge in [-0.3, -0.25) is 0 Å². The predicted molar refractivity (Wildman–Crippen MR) is 90.3 cm³/mol. The number of nitrogens with zero attached hydrogens (tertiary/aromatic N) is 2. The molecule has 2 heterocycles. The van der Waals surface area contributed by atoms with E-state index in [1.54, 1.807) is 0 Å². The Morgan fingerprint density at radius 2 is 1.82 bits per heavy atom. The summed E-state index contributed by atoms with van der Waals surface area (Å²) < 4.78 is 0. The minimum Gasteiger partial charge on any atom is -0.367 e. The zero-order chi connectivity index (χ0) is 14.8. The van der Waals surface area contributed by atoms with Gasteiger partial charge < -0.3 is 16.0 Å². The number of para-hydroxylation sites is 2.